The quantitative estimate of drug-likeness (QED) is 0.820. The van der Waals surface area contributed by atoms with Crippen LogP contribution in [-0.2, 0) is 9.53 Å². The first-order valence-corrected chi connectivity index (χ1v) is 5.30. The lowest BCUT2D eigenvalue weighted by Crippen LogP contribution is -2.18. The van der Waals surface area contributed by atoms with Crippen molar-refractivity contribution in [3.8, 4) is 11.5 Å². The van der Waals surface area contributed by atoms with Crippen LogP contribution in [0.4, 0.5) is 5.69 Å². The molecule has 17 heavy (non-hydrogen) atoms. The van der Waals surface area contributed by atoms with Gasteiger partial charge in [-0.3, -0.25) is 4.79 Å². The van der Waals surface area contributed by atoms with Gasteiger partial charge in [-0.15, -0.1) is 0 Å². The molecule has 0 saturated heterocycles. The maximum atomic E-state index is 11.5. The van der Waals surface area contributed by atoms with Crippen LogP contribution in [0.2, 0.25) is 0 Å². The van der Waals surface area contributed by atoms with Crippen LogP contribution in [0.15, 0.2) is 18.2 Å². The van der Waals surface area contributed by atoms with E-state index in [-0.39, 0.29) is 12.5 Å². The van der Waals surface area contributed by atoms with Crippen LogP contribution in [0.5, 0.6) is 11.5 Å². The molecule has 0 saturated carbocycles. The SMILES string of the molecule is CCOCC(=O)Nc1cc(OC)ccc1OC. The van der Waals surface area contributed by atoms with E-state index >= 15 is 0 Å². The fraction of sp³-hybridized carbons (Fsp3) is 0.417. The first-order valence-electron chi connectivity index (χ1n) is 5.30. The van der Waals surface area contributed by atoms with Gasteiger partial charge in [0.15, 0.2) is 0 Å². The molecule has 0 unspecified atom stereocenters. The average molecular weight is 239 g/mol. The van der Waals surface area contributed by atoms with Crippen molar-refractivity contribution in [2.45, 2.75) is 6.92 Å². The summed E-state index contributed by atoms with van der Waals surface area (Å²) in [6.07, 6.45) is 0. The van der Waals surface area contributed by atoms with Gasteiger partial charge in [0.1, 0.15) is 18.1 Å². The molecular formula is C12H17NO4. The molecule has 0 atom stereocenters. The maximum Gasteiger partial charge on any atom is 0.250 e. The van der Waals surface area contributed by atoms with Crippen molar-refractivity contribution < 1.29 is 19.0 Å². The van der Waals surface area contributed by atoms with Gasteiger partial charge in [-0.1, -0.05) is 0 Å². The monoisotopic (exact) mass is 239 g/mol. The zero-order chi connectivity index (χ0) is 12.7. The smallest absolute Gasteiger partial charge is 0.250 e. The minimum Gasteiger partial charge on any atom is -0.497 e. The molecule has 0 fully saturated rings. The molecule has 0 bridgehead atoms. The van der Waals surface area contributed by atoms with Crippen molar-refractivity contribution in [2.24, 2.45) is 0 Å². The third kappa shape index (κ3) is 3.96. The van der Waals surface area contributed by atoms with Crippen LogP contribution < -0.4 is 14.8 Å². The lowest BCUT2D eigenvalue weighted by Gasteiger charge is -2.11. The Hall–Kier alpha value is -1.75. The van der Waals surface area contributed by atoms with Crippen LogP contribution in [0, 0.1) is 0 Å². The minimum atomic E-state index is -0.224. The molecule has 0 aromatic heterocycles. The highest BCUT2D eigenvalue weighted by Crippen LogP contribution is 2.28. The van der Waals surface area contributed by atoms with Crippen molar-refractivity contribution in [3.63, 3.8) is 0 Å². The lowest BCUT2D eigenvalue weighted by atomic mass is 10.2. The van der Waals surface area contributed by atoms with Crippen LogP contribution in [0.3, 0.4) is 0 Å². The fourth-order valence-electron chi connectivity index (χ4n) is 1.29. The van der Waals surface area contributed by atoms with Crippen LogP contribution in [0.25, 0.3) is 0 Å². The highest BCUT2D eigenvalue weighted by molar-refractivity contribution is 5.93. The first-order chi connectivity index (χ1) is 8.21. The molecule has 1 aromatic carbocycles. The second-order valence-electron chi connectivity index (χ2n) is 3.25. The number of benzene rings is 1. The van der Waals surface area contributed by atoms with E-state index in [0.717, 1.165) is 0 Å². The van der Waals surface area contributed by atoms with Gasteiger partial charge in [0, 0.05) is 12.7 Å². The number of carbonyl (C=O) groups is 1. The predicted octanol–water partition coefficient (Wildman–Crippen LogP) is 1.68. The van der Waals surface area contributed by atoms with Crippen LogP contribution >= 0.6 is 0 Å². The second kappa shape index (κ2) is 6.75. The van der Waals surface area contributed by atoms with E-state index in [0.29, 0.717) is 23.8 Å². The van der Waals surface area contributed by atoms with Gasteiger partial charge >= 0.3 is 0 Å². The van der Waals surface area contributed by atoms with Gasteiger partial charge in [0.2, 0.25) is 5.91 Å². The molecule has 1 rings (SSSR count). The van der Waals surface area contributed by atoms with E-state index in [1.165, 1.54) is 0 Å². The first kappa shape index (κ1) is 13.3. The standard InChI is InChI=1S/C12H17NO4/c1-4-17-8-12(14)13-10-7-9(15-2)5-6-11(10)16-3/h5-7H,4,8H2,1-3H3,(H,13,14). The summed E-state index contributed by atoms with van der Waals surface area (Å²) in [6.45, 7) is 2.36. The fourth-order valence-corrected chi connectivity index (χ4v) is 1.29. The Morgan fingerprint density at radius 2 is 2.06 bits per heavy atom. The Kier molecular flexibility index (Phi) is 5.29. The zero-order valence-electron chi connectivity index (χ0n) is 10.3. The topological polar surface area (TPSA) is 56.8 Å². The molecule has 5 nitrogen and oxygen atoms in total. The van der Waals surface area contributed by atoms with Crippen LogP contribution in [0.1, 0.15) is 6.92 Å². The molecule has 1 aromatic rings. The van der Waals surface area contributed by atoms with E-state index in [2.05, 4.69) is 5.32 Å². The second-order valence-corrected chi connectivity index (χ2v) is 3.25. The Morgan fingerprint density at radius 3 is 2.65 bits per heavy atom. The summed E-state index contributed by atoms with van der Waals surface area (Å²) < 4.78 is 15.2. The van der Waals surface area contributed by atoms with E-state index in [1.54, 1.807) is 32.4 Å². The van der Waals surface area contributed by atoms with Crippen molar-refractivity contribution in [3.05, 3.63) is 18.2 Å². The molecule has 0 aliphatic carbocycles. The number of hydrogen-bond donors (Lipinski definition) is 1. The molecule has 1 N–H and O–H groups in total. The van der Waals surface area contributed by atoms with Crippen molar-refractivity contribution in [1.82, 2.24) is 0 Å². The molecule has 0 spiro atoms. The third-order valence-corrected chi connectivity index (χ3v) is 2.12. The maximum absolute atomic E-state index is 11.5. The normalized spacial score (nSPS) is 9.82. The van der Waals surface area contributed by atoms with Gasteiger partial charge < -0.3 is 19.5 Å². The summed E-state index contributed by atoms with van der Waals surface area (Å²) >= 11 is 0. The largest absolute Gasteiger partial charge is 0.497 e. The van der Waals surface area contributed by atoms with E-state index < -0.39 is 0 Å². The van der Waals surface area contributed by atoms with E-state index in [4.69, 9.17) is 14.2 Å². The molecule has 0 heterocycles. The van der Waals surface area contributed by atoms with E-state index in [1.807, 2.05) is 6.92 Å². The number of carbonyl (C=O) groups excluding carboxylic acids is 1. The molecule has 1 amide bonds. The molecular weight excluding hydrogens is 222 g/mol. The van der Waals surface area contributed by atoms with Crippen molar-refractivity contribution in [1.29, 1.82) is 0 Å². The number of anilines is 1. The van der Waals surface area contributed by atoms with Gasteiger partial charge in [0.05, 0.1) is 19.9 Å². The number of ether oxygens (including phenoxy) is 3. The summed E-state index contributed by atoms with van der Waals surface area (Å²) in [5, 5.41) is 2.70. The average Bonchev–Trinajstić information content (AvgIpc) is 2.36. The van der Waals surface area contributed by atoms with Gasteiger partial charge in [0.25, 0.3) is 0 Å². The zero-order valence-corrected chi connectivity index (χ0v) is 10.3. The third-order valence-electron chi connectivity index (χ3n) is 2.12. The summed E-state index contributed by atoms with van der Waals surface area (Å²) in [6, 6.07) is 5.19. The van der Waals surface area contributed by atoms with Gasteiger partial charge in [-0.25, -0.2) is 0 Å². The summed E-state index contributed by atoms with van der Waals surface area (Å²) in [4.78, 5) is 11.5. The Bertz CT molecular complexity index is 379. The highest BCUT2D eigenvalue weighted by atomic mass is 16.5. The van der Waals surface area contributed by atoms with E-state index in [9.17, 15) is 4.79 Å². The predicted molar refractivity (Wildman–Crippen MR) is 64.7 cm³/mol. The number of amides is 1. The Labute approximate surface area is 101 Å². The molecule has 0 aliphatic heterocycles. The summed E-state index contributed by atoms with van der Waals surface area (Å²) in [5.41, 5.74) is 0.566. The number of hydrogen-bond acceptors (Lipinski definition) is 4. The summed E-state index contributed by atoms with van der Waals surface area (Å²) in [7, 11) is 3.10. The number of nitrogens with one attached hydrogen (secondary N) is 1. The Morgan fingerprint density at radius 1 is 1.29 bits per heavy atom. The Balaban J connectivity index is 2.76. The molecule has 94 valence electrons. The molecule has 0 radical (unpaired) electrons. The minimum absolute atomic E-state index is 0.0247. The van der Waals surface area contributed by atoms with Gasteiger partial charge in [-0.2, -0.15) is 0 Å². The highest BCUT2D eigenvalue weighted by Gasteiger charge is 2.08. The number of rotatable bonds is 6. The number of methoxy groups -OCH3 is 2. The molecule has 5 heteroatoms. The van der Waals surface area contributed by atoms with Crippen molar-refractivity contribution >= 4 is 11.6 Å². The summed E-state index contributed by atoms with van der Waals surface area (Å²) in [5.74, 6) is 1.01. The van der Waals surface area contributed by atoms with Gasteiger partial charge in [-0.05, 0) is 19.1 Å². The van der Waals surface area contributed by atoms with Crippen LogP contribution in [-0.4, -0.2) is 33.3 Å². The lowest BCUT2D eigenvalue weighted by molar-refractivity contribution is -0.120. The molecule has 0 aliphatic rings. The van der Waals surface area contributed by atoms with Crippen molar-refractivity contribution in [2.75, 3.05) is 32.8 Å².